The number of carbonyl (C=O) groups is 1. The van der Waals surface area contributed by atoms with Crippen LogP contribution in [0.1, 0.15) is 36.6 Å². The zero-order valence-corrected chi connectivity index (χ0v) is 16.5. The van der Waals surface area contributed by atoms with Gasteiger partial charge in [-0.25, -0.2) is 0 Å². The smallest absolute Gasteiger partial charge is 0.217 e. The number of methoxy groups -OCH3 is 2. The van der Waals surface area contributed by atoms with Crippen LogP contribution < -0.4 is 14.8 Å². The molecule has 1 aliphatic rings. The number of hydrogen-bond acceptors (Lipinski definition) is 4. The highest BCUT2D eigenvalue weighted by molar-refractivity contribution is 5.73. The van der Waals surface area contributed by atoms with E-state index in [4.69, 9.17) is 9.47 Å². The van der Waals surface area contributed by atoms with Gasteiger partial charge in [0.15, 0.2) is 11.5 Å². The molecular formula is C22H28N2O3. The fourth-order valence-corrected chi connectivity index (χ4v) is 4.01. The minimum atomic E-state index is -0.0247. The van der Waals surface area contributed by atoms with Crippen molar-refractivity contribution in [3.8, 4) is 11.5 Å². The van der Waals surface area contributed by atoms with Crippen molar-refractivity contribution in [1.82, 2.24) is 10.2 Å². The first-order valence-electron chi connectivity index (χ1n) is 9.33. The van der Waals surface area contributed by atoms with Crippen molar-refractivity contribution in [2.24, 2.45) is 0 Å². The van der Waals surface area contributed by atoms with E-state index in [0.29, 0.717) is 0 Å². The first-order valence-corrected chi connectivity index (χ1v) is 9.33. The number of hydrogen-bond donors (Lipinski definition) is 1. The van der Waals surface area contributed by atoms with Crippen LogP contribution in [0.5, 0.6) is 11.5 Å². The Morgan fingerprint density at radius 3 is 2.48 bits per heavy atom. The van der Waals surface area contributed by atoms with Crippen molar-refractivity contribution >= 4 is 5.91 Å². The molecule has 0 bridgehead atoms. The molecule has 1 heterocycles. The van der Waals surface area contributed by atoms with Crippen molar-refractivity contribution in [2.45, 2.75) is 38.9 Å². The van der Waals surface area contributed by atoms with Crippen molar-refractivity contribution in [2.75, 3.05) is 20.8 Å². The number of ether oxygens (including phenoxy) is 2. The summed E-state index contributed by atoms with van der Waals surface area (Å²) in [7, 11) is 3.31. The standard InChI is InChI=1S/C22H28N2O3/c1-15(23-16(2)25)22-19-13-21(27-4)20(26-3)12-18(19)10-11-24(22)14-17-8-6-5-7-9-17/h5-9,12-13,15,22H,10-11,14H2,1-4H3,(H,23,25). The van der Waals surface area contributed by atoms with Gasteiger partial charge in [0.05, 0.1) is 20.3 Å². The molecule has 1 N–H and O–H groups in total. The van der Waals surface area contributed by atoms with Gasteiger partial charge in [0.1, 0.15) is 0 Å². The monoisotopic (exact) mass is 368 g/mol. The van der Waals surface area contributed by atoms with Crippen molar-refractivity contribution in [3.05, 3.63) is 59.2 Å². The lowest BCUT2D eigenvalue weighted by Gasteiger charge is -2.41. The van der Waals surface area contributed by atoms with Crippen LogP contribution in [0.15, 0.2) is 42.5 Å². The van der Waals surface area contributed by atoms with Crippen LogP contribution in [-0.2, 0) is 17.8 Å². The molecule has 2 aromatic rings. The van der Waals surface area contributed by atoms with Gasteiger partial charge in [0.2, 0.25) is 5.91 Å². The maximum Gasteiger partial charge on any atom is 0.217 e. The number of nitrogens with one attached hydrogen (secondary N) is 1. The van der Waals surface area contributed by atoms with Gasteiger partial charge in [-0.1, -0.05) is 30.3 Å². The predicted octanol–water partition coefficient (Wildman–Crippen LogP) is 3.33. The van der Waals surface area contributed by atoms with E-state index in [0.717, 1.165) is 31.0 Å². The summed E-state index contributed by atoms with van der Waals surface area (Å²) in [6, 6.07) is 14.6. The molecule has 1 aliphatic heterocycles. The molecule has 0 spiro atoms. The Morgan fingerprint density at radius 2 is 1.85 bits per heavy atom. The maximum atomic E-state index is 11.7. The second-order valence-corrected chi connectivity index (χ2v) is 7.05. The molecule has 0 radical (unpaired) electrons. The summed E-state index contributed by atoms with van der Waals surface area (Å²) in [5.41, 5.74) is 3.71. The molecular weight excluding hydrogens is 340 g/mol. The van der Waals surface area contributed by atoms with Crippen LogP contribution >= 0.6 is 0 Å². The minimum Gasteiger partial charge on any atom is -0.493 e. The summed E-state index contributed by atoms with van der Waals surface area (Å²) in [6.07, 6.45) is 0.936. The van der Waals surface area contributed by atoms with Crippen LogP contribution in [0.3, 0.4) is 0 Å². The van der Waals surface area contributed by atoms with E-state index in [-0.39, 0.29) is 18.0 Å². The van der Waals surface area contributed by atoms with E-state index in [1.54, 1.807) is 21.1 Å². The third-order valence-corrected chi connectivity index (χ3v) is 5.16. The Kier molecular flexibility index (Phi) is 6.01. The zero-order chi connectivity index (χ0) is 19.4. The van der Waals surface area contributed by atoms with Crippen molar-refractivity contribution in [1.29, 1.82) is 0 Å². The Bertz CT molecular complexity index is 792. The van der Waals surface area contributed by atoms with E-state index in [1.807, 2.05) is 6.07 Å². The lowest BCUT2D eigenvalue weighted by molar-refractivity contribution is -0.120. The maximum absolute atomic E-state index is 11.7. The number of nitrogens with zero attached hydrogens (tertiary/aromatic N) is 1. The molecule has 0 saturated heterocycles. The molecule has 2 unspecified atom stereocenters. The highest BCUT2D eigenvalue weighted by Crippen LogP contribution is 2.40. The van der Waals surface area contributed by atoms with Gasteiger partial charge in [-0.3, -0.25) is 9.69 Å². The van der Waals surface area contributed by atoms with E-state index >= 15 is 0 Å². The summed E-state index contributed by atoms with van der Waals surface area (Å²) in [5.74, 6) is 1.45. The van der Waals surface area contributed by atoms with Crippen LogP contribution in [0.2, 0.25) is 0 Å². The Balaban J connectivity index is 2.00. The average Bonchev–Trinajstić information content (AvgIpc) is 2.66. The molecule has 0 saturated carbocycles. The number of fused-ring (bicyclic) bond motifs is 1. The predicted molar refractivity (Wildman–Crippen MR) is 106 cm³/mol. The summed E-state index contributed by atoms with van der Waals surface area (Å²) in [5, 5.41) is 3.08. The van der Waals surface area contributed by atoms with Gasteiger partial charge in [-0.05, 0) is 42.2 Å². The lowest BCUT2D eigenvalue weighted by Crippen LogP contribution is -2.46. The molecule has 0 fully saturated rings. The quantitative estimate of drug-likeness (QED) is 0.850. The SMILES string of the molecule is COc1cc2c(cc1OC)C(C(C)NC(C)=O)N(Cc1ccccc1)CC2. The first-order chi connectivity index (χ1) is 13.0. The minimum absolute atomic E-state index is 0.0187. The summed E-state index contributed by atoms with van der Waals surface area (Å²) in [4.78, 5) is 14.2. The Labute approximate surface area is 161 Å². The third-order valence-electron chi connectivity index (χ3n) is 5.16. The highest BCUT2D eigenvalue weighted by atomic mass is 16.5. The Hall–Kier alpha value is -2.53. The van der Waals surface area contributed by atoms with Gasteiger partial charge in [0.25, 0.3) is 0 Å². The van der Waals surface area contributed by atoms with E-state index < -0.39 is 0 Å². The van der Waals surface area contributed by atoms with Gasteiger partial charge < -0.3 is 14.8 Å². The number of rotatable bonds is 6. The fraction of sp³-hybridized carbons (Fsp3) is 0.409. The molecule has 0 aliphatic carbocycles. The van der Waals surface area contributed by atoms with Gasteiger partial charge in [0, 0.05) is 26.1 Å². The highest BCUT2D eigenvalue weighted by Gasteiger charge is 2.33. The van der Waals surface area contributed by atoms with Crippen LogP contribution in [0, 0.1) is 0 Å². The largest absolute Gasteiger partial charge is 0.493 e. The molecule has 5 nitrogen and oxygen atoms in total. The zero-order valence-electron chi connectivity index (χ0n) is 16.5. The average molecular weight is 368 g/mol. The van der Waals surface area contributed by atoms with Gasteiger partial charge in [-0.2, -0.15) is 0 Å². The fourth-order valence-electron chi connectivity index (χ4n) is 4.01. The molecule has 27 heavy (non-hydrogen) atoms. The molecule has 5 heteroatoms. The second-order valence-electron chi connectivity index (χ2n) is 7.05. The van der Waals surface area contributed by atoms with E-state index in [2.05, 4.69) is 53.5 Å². The summed E-state index contributed by atoms with van der Waals surface area (Å²) in [6.45, 7) is 5.39. The molecule has 144 valence electrons. The molecule has 2 atom stereocenters. The third kappa shape index (κ3) is 4.25. The molecule has 2 aromatic carbocycles. The first kappa shape index (κ1) is 19.2. The number of amides is 1. The number of carbonyl (C=O) groups excluding carboxylic acids is 1. The summed E-state index contributed by atoms with van der Waals surface area (Å²) >= 11 is 0. The van der Waals surface area contributed by atoms with Crippen molar-refractivity contribution in [3.63, 3.8) is 0 Å². The molecule has 3 rings (SSSR count). The van der Waals surface area contributed by atoms with Gasteiger partial charge in [-0.15, -0.1) is 0 Å². The summed E-state index contributed by atoms with van der Waals surface area (Å²) < 4.78 is 11.0. The van der Waals surface area contributed by atoms with Crippen molar-refractivity contribution < 1.29 is 14.3 Å². The topological polar surface area (TPSA) is 50.8 Å². The lowest BCUT2D eigenvalue weighted by atomic mass is 9.87. The second kappa shape index (κ2) is 8.44. The number of benzene rings is 2. The van der Waals surface area contributed by atoms with Crippen LogP contribution in [0.4, 0.5) is 0 Å². The molecule has 0 aromatic heterocycles. The normalized spacial score (nSPS) is 17.7. The molecule has 1 amide bonds. The Morgan fingerprint density at radius 1 is 1.19 bits per heavy atom. The van der Waals surface area contributed by atoms with Crippen LogP contribution in [-0.4, -0.2) is 37.6 Å². The van der Waals surface area contributed by atoms with E-state index in [9.17, 15) is 4.79 Å². The van der Waals surface area contributed by atoms with E-state index in [1.165, 1.54) is 16.7 Å². The van der Waals surface area contributed by atoms with Crippen LogP contribution in [0.25, 0.3) is 0 Å². The van der Waals surface area contributed by atoms with Gasteiger partial charge >= 0.3 is 0 Å².